The monoisotopic (exact) mass is 367 g/mol. The van der Waals surface area contributed by atoms with Gasteiger partial charge in [0.2, 0.25) is 0 Å². The second-order valence-corrected chi connectivity index (χ2v) is 5.35. The summed E-state index contributed by atoms with van der Waals surface area (Å²) >= 11 is 0. The third-order valence-corrected chi connectivity index (χ3v) is 3.40. The first-order chi connectivity index (χ1) is 12.2. The number of rotatable bonds is 6. The number of carbonyl (C=O) groups is 2. The van der Waals surface area contributed by atoms with Gasteiger partial charge in [-0.15, -0.1) is 13.2 Å². The quantitative estimate of drug-likeness (QED) is 0.795. The van der Waals surface area contributed by atoms with Gasteiger partial charge < -0.3 is 14.8 Å². The summed E-state index contributed by atoms with van der Waals surface area (Å²) in [6, 6.07) is 11.7. The molecule has 0 aromatic heterocycles. The summed E-state index contributed by atoms with van der Waals surface area (Å²) in [6.07, 6.45) is -4.81. The average molecular weight is 367 g/mol. The minimum absolute atomic E-state index is 0.00577. The maximum Gasteiger partial charge on any atom is 0.573 e. The summed E-state index contributed by atoms with van der Waals surface area (Å²) in [5.74, 6) is -1.77. The summed E-state index contributed by atoms with van der Waals surface area (Å²) in [5, 5.41) is 2.62. The number of nitrogens with one attached hydrogen (secondary N) is 1. The van der Waals surface area contributed by atoms with Crippen LogP contribution in [0.4, 0.5) is 13.2 Å². The van der Waals surface area contributed by atoms with Crippen LogP contribution < -0.4 is 10.1 Å². The number of alkyl halides is 3. The van der Waals surface area contributed by atoms with Crippen molar-refractivity contribution >= 4 is 11.9 Å². The van der Waals surface area contributed by atoms with E-state index in [1.165, 1.54) is 0 Å². The number of hydrogen-bond donors (Lipinski definition) is 1. The minimum atomic E-state index is -4.81. The van der Waals surface area contributed by atoms with Crippen LogP contribution in [0, 0.1) is 6.92 Å². The van der Waals surface area contributed by atoms with Crippen LogP contribution in [0.15, 0.2) is 48.5 Å². The van der Waals surface area contributed by atoms with Crippen molar-refractivity contribution < 1.29 is 32.2 Å². The van der Waals surface area contributed by atoms with Crippen molar-refractivity contribution in [2.24, 2.45) is 0 Å². The Labute approximate surface area is 147 Å². The Morgan fingerprint density at radius 3 is 2.31 bits per heavy atom. The molecule has 0 aliphatic heterocycles. The molecule has 0 aliphatic carbocycles. The van der Waals surface area contributed by atoms with Crippen LogP contribution in [-0.4, -0.2) is 24.8 Å². The molecule has 0 saturated heterocycles. The highest BCUT2D eigenvalue weighted by atomic mass is 19.4. The lowest BCUT2D eigenvalue weighted by atomic mass is 10.1. The van der Waals surface area contributed by atoms with Crippen molar-refractivity contribution in [3.05, 3.63) is 65.2 Å². The van der Waals surface area contributed by atoms with Gasteiger partial charge in [0.25, 0.3) is 5.91 Å². The highest BCUT2D eigenvalue weighted by Crippen LogP contribution is 2.22. The molecule has 0 unspecified atom stereocenters. The number of amides is 1. The van der Waals surface area contributed by atoms with Crippen LogP contribution in [0.3, 0.4) is 0 Å². The van der Waals surface area contributed by atoms with Gasteiger partial charge in [-0.1, -0.05) is 24.3 Å². The van der Waals surface area contributed by atoms with E-state index in [0.717, 1.165) is 35.4 Å². The van der Waals surface area contributed by atoms with Gasteiger partial charge in [0.1, 0.15) is 5.75 Å². The molecule has 0 radical (unpaired) electrons. The fourth-order valence-electron chi connectivity index (χ4n) is 2.06. The molecular formula is C18H16F3NO4. The van der Waals surface area contributed by atoms with Crippen LogP contribution in [0.25, 0.3) is 0 Å². The van der Waals surface area contributed by atoms with Crippen molar-refractivity contribution in [3.63, 3.8) is 0 Å². The van der Waals surface area contributed by atoms with Gasteiger partial charge >= 0.3 is 12.3 Å². The number of carbonyl (C=O) groups excluding carboxylic acids is 2. The third kappa shape index (κ3) is 6.12. The van der Waals surface area contributed by atoms with Gasteiger partial charge in [0, 0.05) is 6.54 Å². The van der Waals surface area contributed by atoms with E-state index < -0.39 is 30.6 Å². The Hall–Kier alpha value is -3.03. The molecule has 2 rings (SSSR count). The Balaban J connectivity index is 1.80. The first-order valence-corrected chi connectivity index (χ1v) is 7.59. The number of hydrogen-bond acceptors (Lipinski definition) is 4. The van der Waals surface area contributed by atoms with Crippen LogP contribution in [0.2, 0.25) is 0 Å². The number of esters is 1. The number of benzene rings is 2. The molecule has 0 spiro atoms. The molecule has 5 nitrogen and oxygen atoms in total. The summed E-state index contributed by atoms with van der Waals surface area (Å²) in [5.41, 5.74) is 1.96. The molecule has 0 bridgehead atoms. The smallest absolute Gasteiger partial charge is 0.452 e. The number of aryl methyl sites for hydroxylation is 1. The lowest BCUT2D eigenvalue weighted by Crippen LogP contribution is -2.28. The molecule has 0 saturated carbocycles. The zero-order valence-electron chi connectivity index (χ0n) is 13.8. The van der Waals surface area contributed by atoms with Gasteiger partial charge in [-0.05, 0) is 42.3 Å². The van der Waals surface area contributed by atoms with E-state index >= 15 is 0 Å². The second-order valence-electron chi connectivity index (χ2n) is 5.35. The van der Waals surface area contributed by atoms with Gasteiger partial charge in [-0.2, -0.15) is 0 Å². The van der Waals surface area contributed by atoms with E-state index in [2.05, 4.69) is 10.1 Å². The Kier molecular flexibility index (Phi) is 6.21. The molecule has 2 aromatic carbocycles. The first kappa shape index (κ1) is 19.3. The topological polar surface area (TPSA) is 64.6 Å². The molecule has 2 aromatic rings. The van der Waals surface area contributed by atoms with Crippen molar-refractivity contribution in [2.45, 2.75) is 19.8 Å². The maximum absolute atomic E-state index is 12.1. The average Bonchev–Trinajstić information content (AvgIpc) is 2.58. The largest absolute Gasteiger partial charge is 0.573 e. The standard InChI is InChI=1S/C18H16F3NO4/c1-12-4-2-3-5-14(12)10-22-16(23)11-25-17(24)13-6-8-15(9-7-13)26-18(19,20)21/h2-9H,10-11H2,1H3,(H,22,23). The fraction of sp³-hybridized carbons (Fsp3) is 0.222. The van der Waals surface area contributed by atoms with E-state index in [1.54, 1.807) is 0 Å². The minimum Gasteiger partial charge on any atom is -0.452 e. The van der Waals surface area contributed by atoms with Gasteiger partial charge in [0.15, 0.2) is 6.61 Å². The second kappa shape index (κ2) is 8.37. The van der Waals surface area contributed by atoms with Crippen molar-refractivity contribution in [1.82, 2.24) is 5.32 Å². The lowest BCUT2D eigenvalue weighted by Gasteiger charge is -2.10. The Morgan fingerprint density at radius 2 is 1.69 bits per heavy atom. The summed E-state index contributed by atoms with van der Waals surface area (Å²) in [4.78, 5) is 23.5. The van der Waals surface area contributed by atoms with Crippen LogP contribution in [0.5, 0.6) is 5.75 Å². The molecule has 26 heavy (non-hydrogen) atoms. The van der Waals surface area contributed by atoms with Gasteiger partial charge in [0.05, 0.1) is 5.56 Å². The Bertz CT molecular complexity index is 773. The molecule has 0 aliphatic rings. The van der Waals surface area contributed by atoms with Crippen molar-refractivity contribution in [1.29, 1.82) is 0 Å². The van der Waals surface area contributed by atoms with Crippen LogP contribution >= 0.6 is 0 Å². The lowest BCUT2D eigenvalue weighted by molar-refractivity contribution is -0.274. The van der Waals surface area contributed by atoms with E-state index in [1.807, 2.05) is 31.2 Å². The van der Waals surface area contributed by atoms with E-state index in [4.69, 9.17) is 4.74 Å². The molecule has 138 valence electrons. The van der Waals surface area contributed by atoms with Crippen LogP contribution in [0.1, 0.15) is 21.5 Å². The molecule has 0 fully saturated rings. The number of halogens is 3. The highest BCUT2D eigenvalue weighted by Gasteiger charge is 2.31. The van der Waals surface area contributed by atoms with Gasteiger partial charge in [-0.3, -0.25) is 4.79 Å². The predicted molar refractivity (Wildman–Crippen MR) is 86.4 cm³/mol. The van der Waals surface area contributed by atoms with E-state index in [9.17, 15) is 22.8 Å². The molecule has 0 heterocycles. The zero-order valence-corrected chi connectivity index (χ0v) is 13.8. The molecule has 8 heteroatoms. The normalized spacial score (nSPS) is 10.9. The predicted octanol–water partition coefficient (Wildman–Crippen LogP) is 3.37. The van der Waals surface area contributed by atoms with Crippen LogP contribution in [-0.2, 0) is 16.1 Å². The molecular weight excluding hydrogens is 351 g/mol. The number of ether oxygens (including phenoxy) is 2. The molecule has 1 amide bonds. The fourth-order valence-corrected chi connectivity index (χ4v) is 2.06. The van der Waals surface area contributed by atoms with E-state index in [0.29, 0.717) is 6.54 Å². The van der Waals surface area contributed by atoms with Crippen molar-refractivity contribution in [3.8, 4) is 5.75 Å². The highest BCUT2D eigenvalue weighted by molar-refractivity contribution is 5.91. The summed E-state index contributed by atoms with van der Waals surface area (Å²) in [6.45, 7) is 1.71. The first-order valence-electron chi connectivity index (χ1n) is 7.59. The zero-order chi connectivity index (χ0) is 19.2. The maximum atomic E-state index is 12.1. The van der Waals surface area contributed by atoms with E-state index in [-0.39, 0.29) is 5.56 Å². The summed E-state index contributed by atoms with van der Waals surface area (Å²) in [7, 11) is 0. The SMILES string of the molecule is Cc1ccccc1CNC(=O)COC(=O)c1ccc(OC(F)(F)F)cc1. The Morgan fingerprint density at radius 1 is 1.04 bits per heavy atom. The third-order valence-electron chi connectivity index (χ3n) is 3.40. The molecule has 0 atom stereocenters. The summed E-state index contributed by atoms with van der Waals surface area (Å²) < 4.78 is 44.8. The van der Waals surface area contributed by atoms with Gasteiger partial charge in [-0.25, -0.2) is 4.79 Å². The van der Waals surface area contributed by atoms with Crippen molar-refractivity contribution in [2.75, 3.05) is 6.61 Å². The molecule has 1 N–H and O–H groups in total.